The zero-order valence-electron chi connectivity index (χ0n) is 5.97. The first-order chi connectivity index (χ1) is 4.88. The topological polar surface area (TPSA) is 12.9 Å². The summed E-state index contributed by atoms with van der Waals surface area (Å²) < 4.78 is 12.1. The molecule has 1 rings (SSSR count). The van der Waals surface area contributed by atoms with Crippen molar-refractivity contribution in [3.63, 3.8) is 0 Å². The number of halogens is 1. The molecule has 0 aliphatic rings. The molecule has 0 aliphatic heterocycles. The van der Waals surface area contributed by atoms with Crippen molar-refractivity contribution in [3.8, 4) is 0 Å². The molecule has 0 atom stereocenters. The van der Waals surface area contributed by atoms with Gasteiger partial charge in [-0.2, -0.15) is 0 Å². The van der Waals surface area contributed by atoms with Gasteiger partial charge in [0.05, 0.1) is 0 Å². The van der Waals surface area contributed by atoms with Crippen LogP contribution < -0.4 is 0 Å². The molecule has 0 spiro atoms. The lowest BCUT2D eigenvalue weighted by atomic mass is 10.1. The second kappa shape index (κ2) is 3.30. The number of aryl methyl sites for hydroxylation is 1. The van der Waals surface area contributed by atoms with Crippen molar-refractivity contribution < 1.29 is 4.39 Å². The second-order valence-corrected chi connectivity index (χ2v) is 2.13. The van der Waals surface area contributed by atoms with Crippen LogP contribution in [0.3, 0.4) is 0 Å². The minimum absolute atomic E-state index is 0.406. The monoisotopic (exact) mass is 139 g/mol. The third kappa shape index (κ3) is 1.32. The van der Waals surface area contributed by atoms with Crippen LogP contribution in [0.1, 0.15) is 18.1 Å². The van der Waals surface area contributed by atoms with Crippen LogP contribution in [-0.4, -0.2) is 4.98 Å². The van der Waals surface area contributed by atoms with Gasteiger partial charge in [0.2, 0.25) is 0 Å². The molecule has 54 valence electrons. The maximum atomic E-state index is 12.1. The number of alkyl halides is 1. The number of rotatable bonds is 2. The molecular formula is C8H10FN. The average molecular weight is 139 g/mol. The lowest BCUT2D eigenvalue weighted by Crippen LogP contribution is -1.89. The van der Waals surface area contributed by atoms with Crippen LogP contribution >= 0.6 is 0 Å². The fourth-order valence-electron chi connectivity index (χ4n) is 0.921. The van der Waals surface area contributed by atoms with Crippen LogP contribution in [0.25, 0.3) is 0 Å². The third-order valence-electron chi connectivity index (χ3n) is 1.53. The Labute approximate surface area is 59.9 Å². The predicted octanol–water partition coefficient (Wildman–Crippen LogP) is 2.11. The summed E-state index contributed by atoms with van der Waals surface area (Å²) in [7, 11) is 0. The molecule has 0 N–H and O–H groups in total. The van der Waals surface area contributed by atoms with Gasteiger partial charge in [0, 0.05) is 18.0 Å². The Morgan fingerprint density at radius 3 is 2.80 bits per heavy atom. The summed E-state index contributed by atoms with van der Waals surface area (Å²) in [5.74, 6) is 0. The molecule has 0 fully saturated rings. The highest BCUT2D eigenvalue weighted by Gasteiger charge is 1.97. The first kappa shape index (κ1) is 7.19. The maximum absolute atomic E-state index is 12.1. The van der Waals surface area contributed by atoms with Crippen molar-refractivity contribution in [2.75, 3.05) is 0 Å². The minimum atomic E-state index is -0.406. The average Bonchev–Trinajstić information content (AvgIpc) is 2.04. The first-order valence-electron chi connectivity index (χ1n) is 3.36. The summed E-state index contributed by atoms with van der Waals surface area (Å²) in [6.07, 6.45) is 4.15. The highest BCUT2D eigenvalue weighted by Crippen LogP contribution is 2.07. The van der Waals surface area contributed by atoms with Crippen molar-refractivity contribution in [2.24, 2.45) is 0 Å². The quantitative estimate of drug-likeness (QED) is 0.611. The van der Waals surface area contributed by atoms with E-state index in [0.717, 1.165) is 12.0 Å². The van der Waals surface area contributed by atoms with Crippen LogP contribution in [0.5, 0.6) is 0 Å². The van der Waals surface area contributed by atoms with Crippen LogP contribution in [-0.2, 0) is 13.1 Å². The summed E-state index contributed by atoms with van der Waals surface area (Å²) in [6, 6.07) is 1.86. The number of pyridine rings is 1. The Morgan fingerprint density at radius 2 is 2.30 bits per heavy atom. The molecule has 0 radical (unpaired) electrons. The fourth-order valence-corrected chi connectivity index (χ4v) is 0.921. The molecule has 1 heterocycles. The minimum Gasteiger partial charge on any atom is -0.264 e. The van der Waals surface area contributed by atoms with E-state index in [1.165, 1.54) is 0 Å². The van der Waals surface area contributed by atoms with Crippen molar-refractivity contribution >= 4 is 0 Å². The molecular weight excluding hydrogens is 129 g/mol. The number of hydrogen-bond donors (Lipinski definition) is 0. The normalized spacial score (nSPS) is 9.80. The Hall–Kier alpha value is -0.920. The van der Waals surface area contributed by atoms with E-state index in [2.05, 4.69) is 4.98 Å². The standard InChI is InChI=1S/C8H10FN/c1-2-7-3-4-10-6-8(7)5-9/h3-4,6H,2,5H2,1H3. The van der Waals surface area contributed by atoms with E-state index >= 15 is 0 Å². The van der Waals surface area contributed by atoms with Crippen LogP contribution in [0.15, 0.2) is 18.5 Å². The third-order valence-corrected chi connectivity index (χ3v) is 1.53. The van der Waals surface area contributed by atoms with E-state index in [1.54, 1.807) is 12.4 Å². The van der Waals surface area contributed by atoms with Gasteiger partial charge in [0.25, 0.3) is 0 Å². The van der Waals surface area contributed by atoms with Gasteiger partial charge in [-0.15, -0.1) is 0 Å². The van der Waals surface area contributed by atoms with Gasteiger partial charge in [0.15, 0.2) is 0 Å². The highest BCUT2D eigenvalue weighted by molar-refractivity contribution is 5.21. The Kier molecular flexibility index (Phi) is 2.37. The molecule has 0 aromatic carbocycles. The van der Waals surface area contributed by atoms with Gasteiger partial charge in [-0.1, -0.05) is 6.92 Å². The molecule has 0 bridgehead atoms. The summed E-state index contributed by atoms with van der Waals surface area (Å²) in [6.45, 7) is 1.60. The van der Waals surface area contributed by atoms with Crippen molar-refractivity contribution in [1.82, 2.24) is 4.98 Å². The molecule has 0 saturated carbocycles. The Morgan fingerprint density at radius 1 is 1.50 bits per heavy atom. The van der Waals surface area contributed by atoms with E-state index < -0.39 is 6.67 Å². The summed E-state index contributed by atoms with van der Waals surface area (Å²) in [5.41, 5.74) is 1.77. The smallest absolute Gasteiger partial charge is 0.116 e. The SMILES string of the molecule is CCc1ccncc1CF. The van der Waals surface area contributed by atoms with E-state index in [9.17, 15) is 4.39 Å². The van der Waals surface area contributed by atoms with E-state index in [4.69, 9.17) is 0 Å². The Balaban J connectivity index is 2.96. The molecule has 1 aromatic rings. The fraction of sp³-hybridized carbons (Fsp3) is 0.375. The lowest BCUT2D eigenvalue weighted by Gasteiger charge is -1.99. The molecule has 0 saturated heterocycles. The Bertz CT molecular complexity index is 187. The lowest BCUT2D eigenvalue weighted by molar-refractivity contribution is 0.481. The number of aromatic nitrogens is 1. The van der Waals surface area contributed by atoms with Gasteiger partial charge in [-0.3, -0.25) is 4.98 Å². The molecule has 2 heteroatoms. The summed E-state index contributed by atoms with van der Waals surface area (Å²) in [5, 5.41) is 0. The number of hydrogen-bond acceptors (Lipinski definition) is 1. The zero-order valence-corrected chi connectivity index (χ0v) is 5.97. The van der Waals surface area contributed by atoms with Gasteiger partial charge in [-0.25, -0.2) is 4.39 Å². The molecule has 1 aromatic heterocycles. The molecule has 1 nitrogen and oxygen atoms in total. The van der Waals surface area contributed by atoms with E-state index in [-0.39, 0.29) is 0 Å². The molecule has 10 heavy (non-hydrogen) atoms. The van der Waals surface area contributed by atoms with Crippen molar-refractivity contribution in [3.05, 3.63) is 29.6 Å². The van der Waals surface area contributed by atoms with Crippen LogP contribution in [0, 0.1) is 0 Å². The highest BCUT2D eigenvalue weighted by atomic mass is 19.1. The second-order valence-electron chi connectivity index (χ2n) is 2.13. The van der Waals surface area contributed by atoms with Crippen LogP contribution in [0.2, 0.25) is 0 Å². The van der Waals surface area contributed by atoms with Crippen LogP contribution in [0.4, 0.5) is 4.39 Å². The molecule has 0 amide bonds. The van der Waals surface area contributed by atoms with Crippen molar-refractivity contribution in [2.45, 2.75) is 20.0 Å². The zero-order chi connectivity index (χ0) is 7.40. The first-order valence-corrected chi connectivity index (χ1v) is 3.36. The van der Waals surface area contributed by atoms with Gasteiger partial charge >= 0.3 is 0 Å². The van der Waals surface area contributed by atoms with Crippen molar-refractivity contribution in [1.29, 1.82) is 0 Å². The van der Waals surface area contributed by atoms with Gasteiger partial charge < -0.3 is 0 Å². The van der Waals surface area contributed by atoms with Gasteiger partial charge in [0.1, 0.15) is 6.67 Å². The molecule has 0 unspecified atom stereocenters. The largest absolute Gasteiger partial charge is 0.264 e. The number of nitrogens with zero attached hydrogens (tertiary/aromatic N) is 1. The van der Waals surface area contributed by atoms with Gasteiger partial charge in [-0.05, 0) is 18.1 Å². The molecule has 0 aliphatic carbocycles. The van der Waals surface area contributed by atoms with E-state index in [1.807, 2.05) is 13.0 Å². The summed E-state index contributed by atoms with van der Waals surface area (Å²) in [4.78, 5) is 3.82. The summed E-state index contributed by atoms with van der Waals surface area (Å²) >= 11 is 0. The maximum Gasteiger partial charge on any atom is 0.116 e. The predicted molar refractivity (Wildman–Crippen MR) is 38.4 cm³/mol. The van der Waals surface area contributed by atoms with E-state index in [0.29, 0.717) is 5.56 Å².